The molecule has 6 heteroatoms. The van der Waals surface area contributed by atoms with Crippen LogP contribution in [0.25, 0.3) is 0 Å². The summed E-state index contributed by atoms with van der Waals surface area (Å²) in [5.41, 5.74) is 6.53. The third kappa shape index (κ3) is 5.45. The van der Waals surface area contributed by atoms with E-state index in [1.165, 1.54) is 6.42 Å². The fourth-order valence-electron chi connectivity index (χ4n) is 3.26. The van der Waals surface area contributed by atoms with Gasteiger partial charge in [-0.2, -0.15) is 5.10 Å². The van der Waals surface area contributed by atoms with E-state index in [1.807, 2.05) is 31.2 Å². The number of carbonyl (C=O) groups excluding carboxylic acids is 1. The number of hydrogen-bond donors (Lipinski definition) is 1. The molecular weight excluding hydrogens is 484 g/mol. The molecular formula is C22H24Br2N2O2. The van der Waals surface area contributed by atoms with Crippen LogP contribution in [0.5, 0.6) is 5.75 Å². The molecule has 1 unspecified atom stereocenters. The minimum absolute atomic E-state index is 0.179. The summed E-state index contributed by atoms with van der Waals surface area (Å²) in [7, 11) is 0. The van der Waals surface area contributed by atoms with Crippen LogP contribution in [0.1, 0.15) is 54.1 Å². The zero-order valence-electron chi connectivity index (χ0n) is 16.1. The van der Waals surface area contributed by atoms with E-state index in [2.05, 4.69) is 49.3 Å². The highest BCUT2D eigenvalue weighted by molar-refractivity contribution is 9.11. The monoisotopic (exact) mass is 506 g/mol. The van der Waals surface area contributed by atoms with E-state index in [-0.39, 0.29) is 5.91 Å². The number of aryl methyl sites for hydroxylation is 1. The van der Waals surface area contributed by atoms with Crippen molar-refractivity contribution in [2.24, 2.45) is 11.0 Å². The lowest BCUT2D eigenvalue weighted by atomic mass is 9.89. The SMILES string of the molecule is Cc1cc(Br)c(OCc2ccc(C(=O)N/N=C3/CCCCC3C)cc2)c(Br)c1. The second-order valence-corrected chi connectivity index (χ2v) is 8.94. The average molecular weight is 508 g/mol. The maximum absolute atomic E-state index is 12.3. The number of ether oxygens (including phenoxy) is 1. The number of benzene rings is 2. The number of amides is 1. The molecule has 0 radical (unpaired) electrons. The van der Waals surface area contributed by atoms with Crippen molar-refractivity contribution in [1.82, 2.24) is 5.43 Å². The second-order valence-electron chi connectivity index (χ2n) is 7.23. The normalized spacial score (nSPS) is 18.1. The van der Waals surface area contributed by atoms with Crippen LogP contribution in [0.2, 0.25) is 0 Å². The van der Waals surface area contributed by atoms with Crippen LogP contribution < -0.4 is 10.2 Å². The van der Waals surface area contributed by atoms with Gasteiger partial charge in [0.15, 0.2) is 0 Å². The Morgan fingerprint density at radius 1 is 1.18 bits per heavy atom. The predicted molar refractivity (Wildman–Crippen MR) is 120 cm³/mol. The highest BCUT2D eigenvalue weighted by Crippen LogP contribution is 2.35. The van der Waals surface area contributed by atoms with Gasteiger partial charge in [0.2, 0.25) is 0 Å². The first-order valence-corrected chi connectivity index (χ1v) is 11.1. The van der Waals surface area contributed by atoms with Gasteiger partial charge < -0.3 is 4.74 Å². The van der Waals surface area contributed by atoms with E-state index >= 15 is 0 Å². The Labute approximate surface area is 183 Å². The van der Waals surface area contributed by atoms with Gasteiger partial charge in [-0.25, -0.2) is 5.43 Å². The van der Waals surface area contributed by atoms with Crippen LogP contribution in [-0.4, -0.2) is 11.6 Å². The van der Waals surface area contributed by atoms with Crippen LogP contribution in [0.15, 0.2) is 50.4 Å². The molecule has 1 atom stereocenters. The van der Waals surface area contributed by atoms with Crippen molar-refractivity contribution >= 4 is 43.5 Å². The van der Waals surface area contributed by atoms with Gasteiger partial charge in [-0.1, -0.05) is 25.5 Å². The molecule has 3 rings (SSSR count). The Kier molecular flexibility index (Phi) is 7.30. The fraction of sp³-hybridized carbons (Fsp3) is 0.364. The van der Waals surface area contributed by atoms with E-state index in [4.69, 9.17) is 4.74 Å². The molecule has 0 bridgehead atoms. The molecule has 1 aliphatic rings. The van der Waals surface area contributed by atoms with Crippen molar-refractivity contribution in [3.05, 3.63) is 62.0 Å². The highest BCUT2D eigenvalue weighted by atomic mass is 79.9. The van der Waals surface area contributed by atoms with E-state index in [0.29, 0.717) is 18.1 Å². The summed E-state index contributed by atoms with van der Waals surface area (Å²) in [6.07, 6.45) is 4.52. The summed E-state index contributed by atoms with van der Waals surface area (Å²) >= 11 is 7.07. The number of rotatable bonds is 5. The molecule has 2 aromatic carbocycles. The number of halogens is 2. The quantitative estimate of drug-likeness (QED) is 0.476. The number of carbonyl (C=O) groups is 1. The topological polar surface area (TPSA) is 50.7 Å². The average Bonchev–Trinajstić information content (AvgIpc) is 2.67. The molecule has 0 aromatic heterocycles. The van der Waals surface area contributed by atoms with E-state index in [9.17, 15) is 4.79 Å². The molecule has 28 heavy (non-hydrogen) atoms. The van der Waals surface area contributed by atoms with Crippen LogP contribution in [0.3, 0.4) is 0 Å². The summed E-state index contributed by atoms with van der Waals surface area (Å²) in [5, 5.41) is 4.35. The van der Waals surface area contributed by atoms with Crippen molar-refractivity contribution < 1.29 is 9.53 Å². The van der Waals surface area contributed by atoms with Crippen LogP contribution >= 0.6 is 31.9 Å². The third-order valence-electron chi connectivity index (χ3n) is 4.93. The Morgan fingerprint density at radius 3 is 2.50 bits per heavy atom. The summed E-state index contributed by atoms with van der Waals surface area (Å²) in [6, 6.07) is 11.4. The van der Waals surface area contributed by atoms with E-state index in [0.717, 1.165) is 50.8 Å². The van der Waals surface area contributed by atoms with Gasteiger partial charge in [0.25, 0.3) is 5.91 Å². The van der Waals surface area contributed by atoms with Crippen LogP contribution in [-0.2, 0) is 6.61 Å². The molecule has 148 valence electrons. The second kappa shape index (κ2) is 9.70. The van der Waals surface area contributed by atoms with Crippen LogP contribution in [0, 0.1) is 12.8 Å². The van der Waals surface area contributed by atoms with E-state index < -0.39 is 0 Å². The summed E-state index contributed by atoms with van der Waals surface area (Å²) in [4.78, 5) is 12.3. The molecule has 2 aromatic rings. The van der Waals surface area contributed by atoms with Gasteiger partial charge in [0, 0.05) is 11.3 Å². The van der Waals surface area contributed by atoms with Gasteiger partial charge in [-0.05, 0) is 99.4 Å². The third-order valence-corrected chi connectivity index (χ3v) is 6.11. The lowest BCUT2D eigenvalue weighted by molar-refractivity contribution is 0.0954. The predicted octanol–water partition coefficient (Wildman–Crippen LogP) is 6.39. The van der Waals surface area contributed by atoms with Crippen molar-refractivity contribution in [2.45, 2.75) is 46.1 Å². The van der Waals surface area contributed by atoms with Crippen molar-refractivity contribution in [3.8, 4) is 5.75 Å². The summed E-state index contributed by atoms with van der Waals surface area (Å²) in [6.45, 7) is 4.62. The number of nitrogens with one attached hydrogen (secondary N) is 1. The standard InChI is InChI=1S/C22H24Br2N2O2/c1-14-11-18(23)21(19(24)12-14)28-13-16-7-9-17(10-8-16)22(27)26-25-20-6-4-3-5-15(20)2/h7-12,15H,3-6,13H2,1-2H3,(H,26,27)/b25-20-. The number of hydrazone groups is 1. The highest BCUT2D eigenvalue weighted by Gasteiger charge is 2.16. The zero-order valence-corrected chi connectivity index (χ0v) is 19.3. The lowest BCUT2D eigenvalue weighted by Gasteiger charge is -2.19. The smallest absolute Gasteiger partial charge is 0.271 e. The van der Waals surface area contributed by atoms with E-state index in [1.54, 1.807) is 12.1 Å². The largest absolute Gasteiger partial charge is 0.487 e. The maximum atomic E-state index is 12.3. The molecule has 1 fully saturated rings. The lowest BCUT2D eigenvalue weighted by Crippen LogP contribution is -2.24. The van der Waals surface area contributed by atoms with Gasteiger partial charge in [-0.3, -0.25) is 4.79 Å². The minimum atomic E-state index is -0.179. The first kappa shape index (κ1) is 21.1. The van der Waals surface area contributed by atoms with Crippen molar-refractivity contribution in [3.63, 3.8) is 0 Å². The van der Waals surface area contributed by atoms with Crippen LogP contribution in [0.4, 0.5) is 0 Å². The molecule has 1 saturated carbocycles. The Morgan fingerprint density at radius 2 is 1.86 bits per heavy atom. The molecule has 1 amide bonds. The van der Waals surface area contributed by atoms with Crippen molar-refractivity contribution in [2.75, 3.05) is 0 Å². The molecule has 0 heterocycles. The van der Waals surface area contributed by atoms with Gasteiger partial charge in [0.1, 0.15) is 12.4 Å². The number of hydrogen-bond acceptors (Lipinski definition) is 3. The fourth-order valence-corrected chi connectivity index (χ4v) is 4.90. The molecule has 0 aliphatic heterocycles. The maximum Gasteiger partial charge on any atom is 0.271 e. The molecule has 1 aliphatic carbocycles. The molecule has 1 N–H and O–H groups in total. The Hall–Kier alpha value is -1.66. The minimum Gasteiger partial charge on any atom is -0.487 e. The van der Waals surface area contributed by atoms with Crippen molar-refractivity contribution in [1.29, 1.82) is 0 Å². The Balaban J connectivity index is 1.59. The van der Waals surface area contributed by atoms with Gasteiger partial charge >= 0.3 is 0 Å². The summed E-state index contributed by atoms with van der Waals surface area (Å²) in [5.74, 6) is 1.04. The first-order chi connectivity index (χ1) is 13.4. The number of nitrogens with zero attached hydrogens (tertiary/aromatic N) is 1. The molecule has 0 spiro atoms. The summed E-state index contributed by atoms with van der Waals surface area (Å²) < 4.78 is 7.75. The Bertz CT molecular complexity index is 856. The molecule has 4 nitrogen and oxygen atoms in total. The van der Waals surface area contributed by atoms with Gasteiger partial charge in [0.05, 0.1) is 8.95 Å². The molecule has 0 saturated heterocycles. The van der Waals surface area contributed by atoms with Gasteiger partial charge in [-0.15, -0.1) is 0 Å². The zero-order chi connectivity index (χ0) is 20.1. The first-order valence-electron chi connectivity index (χ1n) is 9.48.